The quantitative estimate of drug-likeness (QED) is 0.706. The lowest BCUT2D eigenvalue weighted by Gasteiger charge is -1.88. The summed E-state index contributed by atoms with van der Waals surface area (Å²) in [5.41, 5.74) is 0.911. The summed E-state index contributed by atoms with van der Waals surface area (Å²) >= 11 is 6.86. The van der Waals surface area contributed by atoms with E-state index in [1.165, 1.54) is 0 Å². The zero-order chi connectivity index (χ0) is 8.72. The summed E-state index contributed by atoms with van der Waals surface area (Å²) in [5.74, 6) is 0.920. The zero-order valence-corrected chi connectivity index (χ0v) is 9.57. The molecule has 0 atom stereocenters. The topological polar surface area (TPSA) is 13.1 Å². The van der Waals surface area contributed by atoms with Crippen LogP contribution >= 0.6 is 31.9 Å². The van der Waals surface area contributed by atoms with Gasteiger partial charge < -0.3 is 4.42 Å². The number of hydrogen-bond donors (Lipinski definition) is 0. The molecule has 0 saturated carbocycles. The Bertz CT molecular complexity index is 431. The van der Waals surface area contributed by atoms with Crippen LogP contribution in [-0.4, -0.2) is 0 Å². The van der Waals surface area contributed by atoms with Crippen molar-refractivity contribution in [2.24, 2.45) is 0 Å². The van der Waals surface area contributed by atoms with Gasteiger partial charge in [0.2, 0.25) is 0 Å². The van der Waals surface area contributed by atoms with E-state index in [-0.39, 0.29) is 0 Å². The molecule has 0 aliphatic heterocycles. The lowest BCUT2D eigenvalue weighted by atomic mass is 10.2. The van der Waals surface area contributed by atoms with E-state index < -0.39 is 0 Å². The van der Waals surface area contributed by atoms with Crippen LogP contribution in [0.15, 0.2) is 31.6 Å². The molecule has 0 N–H and O–H groups in total. The van der Waals surface area contributed by atoms with E-state index in [1.54, 1.807) is 0 Å². The van der Waals surface area contributed by atoms with Crippen molar-refractivity contribution < 1.29 is 4.42 Å². The monoisotopic (exact) mass is 288 g/mol. The van der Waals surface area contributed by atoms with Gasteiger partial charge in [-0.05, 0) is 41.1 Å². The molecule has 3 heteroatoms. The van der Waals surface area contributed by atoms with Crippen molar-refractivity contribution in [3.63, 3.8) is 0 Å². The number of halogens is 2. The summed E-state index contributed by atoms with van der Waals surface area (Å²) in [4.78, 5) is 0. The summed E-state index contributed by atoms with van der Waals surface area (Å²) in [5, 5.41) is 1.12. The van der Waals surface area contributed by atoms with Gasteiger partial charge in [-0.25, -0.2) is 0 Å². The molecule has 0 bridgehead atoms. The molecule has 1 heterocycles. The summed E-state index contributed by atoms with van der Waals surface area (Å²) < 4.78 is 7.59. The fourth-order valence-electron chi connectivity index (χ4n) is 1.16. The van der Waals surface area contributed by atoms with Gasteiger partial charge in [-0.3, -0.25) is 0 Å². The molecule has 1 aromatic carbocycles. The van der Waals surface area contributed by atoms with Crippen molar-refractivity contribution in [1.82, 2.24) is 0 Å². The largest absolute Gasteiger partial charge is 0.460 e. The lowest BCUT2D eigenvalue weighted by molar-refractivity contribution is 0.576. The van der Waals surface area contributed by atoms with E-state index in [1.807, 2.05) is 25.1 Å². The SMILES string of the molecule is Cc1oc2cc(Br)ccc2c1Br. The highest BCUT2D eigenvalue weighted by Crippen LogP contribution is 2.31. The van der Waals surface area contributed by atoms with E-state index in [0.29, 0.717) is 0 Å². The van der Waals surface area contributed by atoms with E-state index in [0.717, 1.165) is 25.7 Å². The number of fused-ring (bicyclic) bond motifs is 1. The van der Waals surface area contributed by atoms with E-state index in [4.69, 9.17) is 4.42 Å². The second-order valence-electron chi connectivity index (χ2n) is 2.61. The second kappa shape index (κ2) is 2.89. The number of aryl methyl sites for hydroxylation is 1. The first-order valence-corrected chi connectivity index (χ1v) is 5.11. The van der Waals surface area contributed by atoms with Crippen molar-refractivity contribution in [3.05, 3.63) is 32.9 Å². The minimum absolute atomic E-state index is 0.911. The Hall–Kier alpha value is -0.280. The number of benzene rings is 1. The molecular weight excluding hydrogens is 284 g/mol. The third-order valence-electron chi connectivity index (χ3n) is 1.75. The van der Waals surface area contributed by atoms with Gasteiger partial charge in [0, 0.05) is 9.86 Å². The highest BCUT2D eigenvalue weighted by atomic mass is 79.9. The van der Waals surface area contributed by atoms with Gasteiger partial charge in [-0.15, -0.1) is 0 Å². The molecular formula is C9H6Br2O. The van der Waals surface area contributed by atoms with Crippen LogP contribution in [0.5, 0.6) is 0 Å². The van der Waals surface area contributed by atoms with Gasteiger partial charge in [0.25, 0.3) is 0 Å². The first kappa shape index (κ1) is 8.32. The lowest BCUT2D eigenvalue weighted by Crippen LogP contribution is -1.65. The van der Waals surface area contributed by atoms with Crippen molar-refractivity contribution in [2.75, 3.05) is 0 Å². The molecule has 12 heavy (non-hydrogen) atoms. The van der Waals surface area contributed by atoms with Crippen LogP contribution in [0.4, 0.5) is 0 Å². The molecule has 2 aromatic rings. The van der Waals surface area contributed by atoms with Crippen LogP contribution in [0.1, 0.15) is 5.76 Å². The van der Waals surface area contributed by atoms with Crippen molar-refractivity contribution in [2.45, 2.75) is 6.92 Å². The average molecular weight is 290 g/mol. The molecule has 1 nitrogen and oxygen atoms in total. The van der Waals surface area contributed by atoms with Crippen LogP contribution in [0, 0.1) is 6.92 Å². The van der Waals surface area contributed by atoms with E-state index >= 15 is 0 Å². The standard InChI is InChI=1S/C9H6Br2O/c1-5-9(11)7-3-2-6(10)4-8(7)12-5/h2-4H,1H3. The van der Waals surface area contributed by atoms with Gasteiger partial charge in [0.1, 0.15) is 11.3 Å². The van der Waals surface area contributed by atoms with Crippen molar-refractivity contribution in [3.8, 4) is 0 Å². The number of hydrogen-bond acceptors (Lipinski definition) is 1. The van der Waals surface area contributed by atoms with Crippen LogP contribution in [0.3, 0.4) is 0 Å². The Morgan fingerprint density at radius 2 is 2.00 bits per heavy atom. The highest BCUT2D eigenvalue weighted by Gasteiger charge is 2.07. The molecule has 0 unspecified atom stereocenters. The minimum atomic E-state index is 0.911. The number of rotatable bonds is 0. The van der Waals surface area contributed by atoms with Gasteiger partial charge in [-0.1, -0.05) is 15.9 Å². The van der Waals surface area contributed by atoms with E-state index in [9.17, 15) is 0 Å². The van der Waals surface area contributed by atoms with Crippen LogP contribution < -0.4 is 0 Å². The van der Waals surface area contributed by atoms with Crippen molar-refractivity contribution >= 4 is 42.8 Å². The minimum Gasteiger partial charge on any atom is -0.460 e. The Kier molecular flexibility index (Phi) is 2.00. The van der Waals surface area contributed by atoms with Crippen molar-refractivity contribution in [1.29, 1.82) is 0 Å². The van der Waals surface area contributed by atoms with Crippen LogP contribution in [0.25, 0.3) is 11.0 Å². The molecule has 0 aliphatic carbocycles. The van der Waals surface area contributed by atoms with Gasteiger partial charge >= 0.3 is 0 Å². The molecule has 0 aliphatic rings. The highest BCUT2D eigenvalue weighted by molar-refractivity contribution is 9.11. The van der Waals surface area contributed by atoms with E-state index in [2.05, 4.69) is 31.9 Å². The summed E-state index contributed by atoms with van der Waals surface area (Å²) in [7, 11) is 0. The first-order chi connectivity index (χ1) is 5.68. The maximum atomic E-state index is 5.50. The third kappa shape index (κ3) is 1.21. The number of furan rings is 1. The Morgan fingerprint density at radius 3 is 2.75 bits per heavy atom. The van der Waals surface area contributed by atoms with Gasteiger partial charge in [0.15, 0.2) is 0 Å². The molecule has 0 radical (unpaired) electrons. The predicted octanol–water partition coefficient (Wildman–Crippen LogP) is 4.27. The fourth-order valence-corrected chi connectivity index (χ4v) is 1.91. The molecule has 0 spiro atoms. The van der Waals surface area contributed by atoms with Gasteiger partial charge in [0.05, 0.1) is 4.47 Å². The summed E-state index contributed by atoms with van der Waals surface area (Å²) in [6, 6.07) is 6.00. The summed E-state index contributed by atoms with van der Waals surface area (Å²) in [6.45, 7) is 1.94. The smallest absolute Gasteiger partial charge is 0.136 e. The molecule has 2 rings (SSSR count). The molecule has 1 aromatic heterocycles. The summed E-state index contributed by atoms with van der Waals surface area (Å²) in [6.07, 6.45) is 0. The average Bonchev–Trinajstić information content (AvgIpc) is 2.28. The molecule has 0 amide bonds. The fraction of sp³-hybridized carbons (Fsp3) is 0.111. The maximum absolute atomic E-state index is 5.50. The third-order valence-corrected chi connectivity index (χ3v) is 3.23. The molecule has 0 fully saturated rings. The zero-order valence-electron chi connectivity index (χ0n) is 6.40. The van der Waals surface area contributed by atoms with Crippen LogP contribution in [0.2, 0.25) is 0 Å². The Labute approximate surface area is 87.0 Å². The Balaban J connectivity index is 2.87. The predicted molar refractivity (Wildman–Crippen MR) is 56.4 cm³/mol. The molecule has 0 saturated heterocycles. The normalized spacial score (nSPS) is 10.9. The second-order valence-corrected chi connectivity index (χ2v) is 4.32. The Morgan fingerprint density at radius 1 is 1.25 bits per heavy atom. The molecule has 62 valence electrons. The van der Waals surface area contributed by atoms with Gasteiger partial charge in [-0.2, -0.15) is 0 Å². The first-order valence-electron chi connectivity index (χ1n) is 3.52. The maximum Gasteiger partial charge on any atom is 0.136 e. The van der Waals surface area contributed by atoms with Crippen LogP contribution in [-0.2, 0) is 0 Å².